The summed E-state index contributed by atoms with van der Waals surface area (Å²) < 4.78 is 0.00698. The van der Waals surface area contributed by atoms with Gasteiger partial charge in [-0.2, -0.15) is 50.5 Å². The highest BCUT2D eigenvalue weighted by Gasteiger charge is 2.17. The highest BCUT2D eigenvalue weighted by Crippen LogP contribution is 2.38. The van der Waals surface area contributed by atoms with E-state index in [9.17, 15) is 0 Å². The molecule has 0 aromatic carbocycles. The smallest absolute Gasteiger partial charge is 0.0991 e. The lowest BCUT2D eigenvalue weighted by Gasteiger charge is -2.19. The first kappa shape index (κ1) is 11.8. The van der Waals surface area contributed by atoms with Crippen LogP contribution in [0, 0.1) is 0 Å². The van der Waals surface area contributed by atoms with Crippen molar-refractivity contribution in [3.8, 4) is 0 Å². The van der Waals surface area contributed by atoms with E-state index in [1.54, 1.807) is 11.8 Å². The van der Waals surface area contributed by atoms with E-state index < -0.39 is 0 Å². The van der Waals surface area contributed by atoms with Crippen LogP contribution in [0.1, 0.15) is 13.3 Å². The van der Waals surface area contributed by atoms with Gasteiger partial charge in [0.05, 0.1) is 7.99 Å². The van der Waals surface area contributed by atoms with Crippen LogP contribution in [-0.4, -0.2) is 13.7 Å². The minimum absolute atomic E-state index is 0.282. The van der Waals surface area contributed by atoms with Crippen LogP contribution < -0.4 is 0 Å². The molecular weight excluding hydrogens is 220 g/mol. The fraction of sp³-hybridized carbons (Fsp3) is 1.00. The van der Waals surface area contributed by atoms with Crippen LogP contribution in [0.2, 0.25) is 0 Å². The highest BCUT2D eigenvalue weighted by atomic mass is 32.2. The summed E-state index contributed by atoms with van der Waals surface area (Å²) in [6.45, 7) is 1.94. The van der Waals surface area contributed by atoms with E-state index in [1.807, 2.05) is 6.92 Å². The third-order valence-corrected chi connectivity index (χ3v) is 3.15. The molecule has 0 saturated carbocycles. The van der Waals surface area contributed by atoms with Crippen molar-refractivity contribution in [2.75, 3.05) is 5.75 Å². The van der Waals surface area contributed by atoms with Crippen LogP contribution in [0.4, 0.5) is 0 Å². The van der Waals surface area contributed by atoms with Crippen molar-refractivity contribution in [1.29, 1.82) is 0 Å². The molecule has 0 aliphatic rings. The topological polar surface area (TPSA) is 0 Å². The van der Waals surface area contributed by atoms with Crippen molar-refractivity contribution in [2.45, 2.75) is 21.3 Å². The van der Waals surface area contributed by atoms with Gasteiger partial charge in [-0.3, -0.25) is 0 Å². The molecule has 0 radical (unpaired) electrons. The second-order valence-electron chi connectivity index (χ2n) is 2.02. The third kappa shape index (κ3) is 7.85. The van der Waals surface area contributed by atoms with Crippen molar-refractivity contribution in [3.63, 3.8) is 0 Å². The van der Waals surface area contributed by atoms with Crippen LogP contribution in [0.15, 0.2) is 0 Å². The Bertz CT molecular complexity index is 86.5. The maximum absolute atomic E-state index is 4.32. The van der Waals surface area contributed by atoms with Crippen molar-refractivity contribution in [1.82, 2.24) is 0 Å². The van der Waals surface area contributed by atoms with Crippen LogP contribution in [0.3, 0.4) is 0 Å². The predicted molar refractivity (Wildman–Crippen MR) is 65.2 cm³/mol. The van der Waals surface area contributed by atoms with E-state index in [0.29, 0.717) is 0 Å². The van der Waals surface area contributed by atoms with Crippen molar-refractivity contribution in [2.24, 2.45) is 0 Å². The van der Waals surface area contributed by atoms with Gasteiger partial charge in [-0.15, -0.1) is 11.8 Å². The zero-order valence-corrected chi connectivity index (χ0v) is 10.1. The first-order chi connectivity index (χ1) is 4.45. The van der Waals surface area contributed by atoms with Gasteiger partial charge in [0.15, 0.2) is 0 Å². The third-order valence-electron chi connectivity index (χ3n) is 0.735. The Kier molecular flexibility index (Phi) is 6.35. The molecule has 0 aromatic heterocycles. The molecular formula is C5H12S5. The van der Waals surface area contributed by atoms with Gasteiger partial charge in [0.1, 0.15) is 0 Å². The monoisotopic (exact) mass is 232 g/mol. The van der Waals surface area contributed by atoms with Gasteiger partial charge in [-0.1, -0.05) is 0 Å². The summed E-state index contributed by atoms with van der Waals surface area (Å²) >= 11 is 18.5. The van der Waals surface area contributed by atoms with Gasteiger partial charge in [-0.25, -0.2) is 0 Å². The second-order valence-corrected chi connectivity index (χ2v) is 7.81. The molecule has 0 heterocycles. The average Bonchev–Trinajstić information content (AvgIpc) is 1.59. The van der Waals surface area contributed by atoms with E-state index in [0.717, 1.165) is 12.2 Å². The predicted octanol–water partition coefficient (Wildman–Crippen LogP) is 2.83. The summed E-state index contributed by atoms with van der Waals surface area (Å²) in [4.78, 5) is 0. The molecule has 0 spiro atoms. The van der Waals surface area contributed by atoms with E-state index in [1.165, 1.54) is 0 Å². The van der Waals surface area contributed by atoms with Gasteiger partial charge < -0.3 is 0 Å². The highest BCUT2D eigenvalue weighted by molar-refractivity contribution is 8.27. The maximum atomic E-state index is 4.32. The lowest BCUT2D eigenvalue weighted by molar-refractivity contribution is 1.08. The fourth-order valence-electron chi connectivity index (χ4n) is 0.427. The quantitative estimate of drug-likeness (QED) is 0.427. The minimum Gasteiger partial charge on any atom is -0.179 e. The molecule has 0 nitrogen and oxygen atoms in total. The molecule has 0 bridgehead atoms. The molecule has 0 aliphatic carbocycles. The van der Waals surface area contributed by atoms with Gasteiger partial charge in [0, 0.05) is 0 Å². The summed E-state index contributed by atoms with van der Waals surface area (Å²) in [6, 6.07) is 0. The molecule has 0 aromatic rings. The summed E-state index contributed by atoms with van der Waals surface area (Å²) in [5.41, 5.74) is 0. The molecule has 1 atom stereocenters. The van der Waals surface area contributed by atoms with E-state index in [4.69, 9.17) is 0 Å². The summed E-state index contributed by atoms with van der Waals surface area (Å²) in [7, 11) is 0. The molecule has 10 heavy (non-hydrogen) atoms. The lowest BCUT2D eigenvalue weighted by atomic mass is 10.6. The lowest BCUT2D eigenvalue weighted by Crippen LogP contribution is -2.06. The number of thioether (sulfide) groups is 1. The number of hydrogen-bond acceptors (Lipinski definition) is 5. The summed E-state index contributed by atoms with van der Waals surface area (Å²) in [5, 5.41) is 0. The Balaban J connectivity index is 3.47. The van der Waals surface area contributed by atoms with Crippen molar-refractivity contribution in [3.05, 3.63) is 0 Å². The Hall–Kier alpha value is 1.75. The number of thiol groups is 4. The van der Waals surface area contributed by atoms with E-state index >= 15 is 0 Å². The van der Waals surface area contributed by atoms with E-state index in [2.05, 4.69) is 50.5 Å². The Morgan fingerprint density at radius 2 is 2.00 bits per heavy atom. The zero-order chi connectivity index (χ0) is 8.20. The first-order valence-electron chi connectivity index (χ1n) is 2.87. The Morgan fingerprint density at radius 3 is 2.30 bits per heavy atom. The SMILES string of the molecule is CC(S)(S)SC(S)CCS. The van der Waals surface area contributed by atoms with Crippen molar-refractivity contribution < 1.29 is 0 Å². The van der Waals surface area contributed by atoms with Gasteiger partial charge in [0.25, 0.3) is 0 Å². The Labute approximate surface area is 88.9 Å². The molecule has 0 fully saturated rings. The van der Waals surface area contributed by atoms with Crippen molar-refractivity contribution >= 4 is 62.3 Å². The zero-order valence-electron chi connectivity index (χ0n) is 5.69. The van der Waals surface area contributed by atoms with Crippen LogP contribution in [0.25, 0.3) is 0 Å². The molecule has 62 valence electrons. The molecule has 5 heteroatoms. The van der Waals surface area contributed by atoms with Gasteiger partial charge >= 0.3 is 0 Å². The summed E-state index contributed by atoms with van der Waals surface area (Å²) in [5.74, 6) is 0.860. The van der Waals surface area contributed by atoms with Crippen LogP contribution in [-0.2, 0) is 0 Å². The standard InChI is InChI=1S/C5H12S5/c1-5(8,9)10-4(7)2-3-6/h4,6-9H,2-3H2,1H3. The van der Waals surface area contributed by atoms with Gasteiger partial charge in [0.2, 0.25) is 0 Å². The summed E-state index contributed by atoms with van der Waals surface area (Å²) in [6.07, 6.45) is 0.980. The molecule has 0 rings (SSSR count). The molecule has 0 amide bonds. The van der Waals surface area contributed by atoms with Gasteiger partial charge in [-0.05, 0) is 19.1 Å². The minimum atomic E-state index is -0.282. The maximum Gasteiger partial charge on any atom is 0.0991 e. The van der Waals surface area contributed by atoms with Crippen LogP contribution >= 0.6 is 62.3 Å². The largest absolute Gasteiger partial charge is 0.179 e. The molecule has 0 N–H and O–H groups in total. The number of rotatable bonds is 4. The van der Waals surface area contributed by atoms with Crippen LogP contribution in [0.5, 0.6) is 0 Å². The number of hydrogen-bond donors (Lipinski definition) is 4. The average molecular weight is 232 g/mol. The molecule has 0 saturated heterocycles. The fourth-order valence-corrected chi connectivity index (χ4v) is 3.84. The molecule has 0 aliphatic heterocycles. The van der Waals surface area contributed by atoms with E-state index in [-0.39, 0.29) is 7.99 Å². The second kappa shape index (κ2) is 5.41. The first-order valence-corrected chi connectivity index (χ1v) is 5.79. The Morgan fingerprint density at radius 1 is 1.50 bits per heavy atom. The molecule has 1 unspecified atom stereocenters. The normalized spacial score (nSPS) is 15.3.